The summed E-state index contributed by atoms with van der Waals surface area (Å²) in [6.07, 6.45) is 1.79. The van der Waals surface area contributed by atoms with Crippen molar-refractivity contribution < 1.29 is 19.4 Å². The van der Waals surface area contributed by atoms with Crippen molar-refractivity contribution in [2.24, 2.45) is 0 Å². The average molecular weight is 424 g/mol. The predicted octanol–water partition coefficient (Wildman–Crippen LogP) is 4.80. The third-order valence-electron chi connectivity index (χ3n) is 5.74. The molecule has 0 spiro atoms. The first kappa shape index (κ1) is 19.6. The van der Waals surface area contributed by atoms with Crippen molar-refractivity contribution in [3.63, 3.8) is 0 Å². The summed E-state index contributed by atoms with van der Waals surface area (Å²) in [6.45, 7) is 0. The van der Waals surface area contributed by atoms with E-state index in [-0.39, 0.29) is 11.3 Å². The number of carbonyl (C=O) groups is 2. The largest absolute Gasteiger partial charge is 0.507 e. The monoisotopic (exact) mass is 424 g/mol. The van der Waals surface area contributed by atoms with Crippen molar-refractivity contribution in [2.75, 3.05) is 12.0 Å². The molecule has 1 aliphatic heterocycles. The molecular weight excluding hydrogens is 404 g/mol. The minimum Gasteiger partial charge on any atom is -0.507 e. The number of aromatic nitrogens is 1. The fourth-order valence-electron chi connectivity index (χ4n) is 4.23. The third kappa shape index (κ3) is 3.04. The number of para-hydroxylation sites is 2. The van der Waals surface area contributed by atoms with Crippen molar-refractivity contribution in [1.82, 2.24) is 4.98 Å². The molecule has 1 amide bonds. The van der Waals surface area contributed by atoms with Gasteiger partial charge in [-0.15, -0.1) is 0 Å². The molecule has 1 saturated heterocycles. The van der Waals surface area contributed by atoms with Gasteiger partial charge in [-0.2, -0.15) is 0 Å². The Morgan fingerprint density at radius 1 is 0.969 bits per heavy atom. The van der Waals surface area contributed by atoms with Gasteiger partial charge in [0.05, 0.1) is 18.7 Å². The van der Waals surface area contributed by atoms with Gasteiger partial charge >= 0.3 is 0 Å². The van der Waals surface area contributed by atoms with E-state index in [0.717, 1.165) is 16.5 Å². The number of carbonyl (C=O) groups excluding carboxylic acids is 2. The summed E-state index contributed by atoms with van der Waals surface area (Å²) < 4.78 is 5.26. The maximum Gasteiger partial charge on any atom is 0.300 e. The topological polar surface area (TPSA) is 82.6 Å². The van der Waals surface area contributed by atoms with Crippen molar-refractivity contribution >= 4 is 34.0 Å². The molecule has 1 aliphatic rings. The van der Waals surface area contributed by atoms with Gasteiger partial charge in [-0.1, -0.05) is 48.5 Å². The number of aromatic amines is 1. The van der Waals surface area contributed by atoms with Gasteiger partial charge in [0.2, 0.25) is 0 Å². The summed E-state index contributed by atoms with van der Waals surface area (Å²) in [7, 11) is 1.53. The van der Waals surface area contributed by atoms with Crippen LogP contribution in [0.1, 0.15) is 17.2 Å². The van der Waals surface area contributed by atoms with E-state index in [1.54, 1.807) is 42.6 Å². The van der Waals surface area contributed by atoms with Gasteiger partial charge in [0.15, 0.2) is 0 Å². The van der Waals surface area contributed by atoms with Crippen LogP contribution in [0.25, 0.3) is 16.7 Å². The smallest absolute Gasteiger partial charge is 0.300 e. The summed E-state index contributed by atoms with van der Waals surface area (Å²) in [4.78, 5) is 31.1. The molecule has 2 N–H and O–H groups in total. The highest BCUT2D eigenvalue weighted by Gasteiger charge is 2.47. The van der Waals surface area contributed by atoms with E-state index in [4.69, 9.17) is 4.74 Å². The van der Waals surface area contributed by atoms with E-state index in [1.807, 2.05) is 42.5 Å². The third-order valence-corrected chi connectivity index (χ3v) is 5.74. The van der Waals surface area contributed by atoms with Crippen LogP contribution in [0.5, 0.6) is 5.75 Å². The average Bonchev–Trinajstić information content (AvgIpc) is 3.38. The number of rotatable bonds is 4. The highest BCUT2D eigenvalue weighted by molar-refractivity contribution is 6.51. The molecule has 3 aromatic carbocycles. The SMILES string of the molecule is COc1cccc(/C(O)=C2\C(=O)C(=O)N(c3ccccc3)C2c2c[nH]c3ccccc23)c1. The van der Waals surface area contributed by atoms with Crippen molar-refractivity contribution in [1.29, 1.82) is 0 Å². The second-order valence-corrected chi connectivity index (χ2v) is 7.53. The van der Waals surface area contributed by atoms with Crippen LogP contribution in [0, 0.1) is 0 Å². The molecule has 5 rings (SSSR count). The Morgan fingerprint density at radius 2 is 1.72 bits per heavy atom. The zero-order valence-electron chi connectivity index (χ0n) is 17.3. The summed E-state index contributed by atoms with van der Waals surface area (Å²) in [5.74, 6) is -1.12. The Morgan fingerprint density at radius 3 is 2.50 bits per heavy atom. The van der Waals surface area contributed by atoms with Crippen molar-refractivity contribution in [3.8, 4) is 5.75 Å². The van der Waals surface area contributed by atoms with Crippen LogP contribution in [0.3, 0.4) is 0 Å². The molecule has 4 aromatic rings. The van der Waals surface area contributed by atoms with E-state index in [9.17, 15) is 14.7 Å². The molecule has 0 aliphatic carbocycles. The van der Waals surface area contributed by atoms with Gasteiger partial charge in [0, 0.05) is 33.9 Å². The molecule has 0 saturated carbocycles. The number of methoxy groups -OCH3 is 1. The zero-order chi connectivity index (χ0) is 22.2. The van der Waals surface area contributed by atoms with Gasteiger partial charge < -0.3 is 14.8 Å². The Labute approximate surface area is 184 Å². The maximum atomic E-state index is 13.2. The van der Waals surface area contributed by atoms with E-state index < -0.39 is 17.7 Å². The number of aliphatic hydroxyl groups excluding tert-OH is 1. The number of nitrogens with zero attached hydrogens (tertiary/aromatic N) is 1. The minimum atomic E-state index is -0.792. The second-order valence-electron chi connectivity index (χ2n) is 7.53. The molecule has 1 atom stereocenters. The highest BCUT2D eigenvalue weighted by atomic mass is 16.5. The molecule has 6 nitrogen and oxygen atoms in total. The van der Waals surface area contributed by atoms with E-state index in [0.29, 0.717) is 17.0 Å². The summed E-state index contributed by atoms with van der Waals surface area (Å²) in [5, 5.41) is 12.1. The fraction of sp³-hybridized carbons (Fsp3) is 0.0769. The van der Waals surface area contributed by atoms with Crippen molar-refractivity contribution in [3.05, 3.63) is 102 Å². The molecule has 32 heavy (non-hydrogen) atoms. The van der Waals surface area contributed by atoms with Crippen LogP contribution in [-0.4, -0.2) is 28.9 Å². The second kappa shape index (κ2) is 7.74. The summed E-state index contributed by atoms with van der Waals surface area (Å²) in [5.41, 5.74) is 2.63. The molecule has 0 radical (unpaired) electrons. The Bertz CT molecular complexity index is 1370. The number of anilines is 1. The maximum absolute atomic E-state index is 13.2. The van der Waals surface area contributed by atoms with Crippen LogP contribution < -0.4 is 9.64 Å². The highest BCUT2D eigenvalue weighted by Crippen LogP contribution is 2.44. The molecule has 1 fully saturated rings. The number of nitrogens with one attached hydrogen (secondary N) is 1. The lowest BCUT2D eigenvalue weighted by Crippen LogP contribution is -2.29. The quantitative estimate of drug-likeness (QED) is 0.280. The number of benzene rings is 3. The van der Waals surface area contributed by atoms with Gasteiger partial charge in [-0.3, -0.25) is 14.5 Å². The normalized spacial score (nSPS) is 17.8. The molecule has 1 unspecified atom stereocenters. The minimum absolute atomic E-state index is 0.0388. The lowest BCUT2D eigenvalue weighted by molar-refractivity contribution is -0.132. The van der Waals surface area contributed by atoms with Gasteiger partial charge in [0.1, 0.15) is 11.5 Å². The number of fused-ring (bicyclic) bond motifs is 1. The zero-order valence-corrected chi connectivity index (χ0v) is 17.3. The number of H-pyrrole nitrogens is 1. The van der Waals surface area contributed by atoms with Gasteiger partial charge in [-0.25, -0.2) is 0 Å². The van der Waals surface area contributed by atoms with E-state index >= 15 is 0 Å². The summed E-state index contributed by atoms with van der Waals surface area (Å²) >= 11 is 0. The van der Waals surface area contributed by atoms with E-state index in [2.05, 4.69) is 4.98 Å². The van der Waals surface area contributed by atoms with Crippen LogP contribution in [-0.2, 0) is 9.59 Å². The van der Waals surface area contributed by atoms with Crippen molar-refractivity contribution in [2.45, 2.75) is 6.04 Å². The molecule has 158 valence electrons. The molecule has 0 bridgehead atoms. The van der Waals surface area contributed by atoms with Crippen LogP contribution in [0.4, 0.5) is 5.69 Å². The number of Topliss-reactive ketones (excluding diaryl/α,β-unsaturated/α-hetero) is 1. The number of amides is 1. The first-order chi connectivity index (χ1) is 15.6. The fourth-order valence-corrected chi connectivity index (χ4v) is 4.23. The van der Waals surface area contributed by atoms with Crippen LogP contribution in [0.15, 0.2) is 90.6 Å². The van der Waals surface area contributed by atoms with Gasteiger partial charge in [-0.05, 0) is 30.3 Å². The van der Waals surface area contributed by atoms with Crippen LogP contribution in [0.2, 0.25) is 0 Å². The van der Waals surface area contributed by atoms with Gasteiger partial charge in [0.25, 0.3) is 11.7 Å². The Balaban J connectivity index is 1.78. The van der Waals surface area contributed by atoms with E-state index in [1.165, 1.54) is 12.0 Å². The Kier molecular flexibility index (Phi) is 4.75. The summed E-state index contributed by atoms with van der Waals surface area (Å²) in [6, 6.07) is 22.7. The number of hydrogen-bond acceptors (Lipinski definition) is 4. The number of ketones is 1. The lowest BCUT2D eigenvalue weighted by atomic mass is 9.94. The number of ether oxygens (including phenoxy) is 1. The Hall–Kier alpha value is -4.32. The number of hydrogen-bond donors (Lipinski definition) is 2. The predicted molar refractivity (Wildman–Crippen MR) is 123 cm³/mol. The first-order valence-corrected chi connectivity index (χ1v) is 10.2. The first-order valence-electron chi connectivity index (χ1n) is 10.2. The molecule has 2 heterocycles. The molecular formula is C26H20N2O4. The molecule has 6 heteroatoms. The van der Waals surface area contributed by atoms with Crippen LogP contribution >= 0.6 is 0 Å². The molecule has 1 aromatic heterocycles. The lowest BCUT2D eigenvalue weighted by Gasteiger charge is -2.25. The standard InChI is InChI=1S/C26H20N2O4/c1-32-18-11-7-8-16(14-18)24(29)22-23(20-15-27-21-13-6-5-12-19(20)21)28(26(31)25(22)30)17-9-3-2-4-10-17/h2-15,23,27,29H,1H3/b24-22+. The number of aliphatic hydroxyl groups is 1.